The molecule has 1 unspecified atom stereocenters. The van der Waals surface area contributed by atoms with Crippen molar-refractivity contribution in [1.29, 1.82) is 0 Å². The summed E-state index contributed by atoms with van der Waals surface area (Å²) in [5, 5.41) is 15.3. The number of hydrogen-bond donors (Lipinski definition) is 1. The van der Waals surface area contributed by atoms with Crippen LogP contribution in [-0.4, -0.2) is 26.4 Å². The molecule has 0 radical (unpaired) electrons. The van der Waals surface area contributed by atoms with E-state index in [-0.39, 0.29) is 17.7 Å². The maximum atomic E-state index is 12.4. The first kappa shape index (κ1) is 20.2. The number of nitrogens with zero attached hydrogens (tertiary/aromatic N) is 3. The third-order valence-corrected chi connectivity index (χ3v) is 6.31. The van der Waals surface area contributed by atoms with Crippen molar-refractivity contribution in [2.24, 2.45) is 0 Å². The molecule has 9 heteroatoms. The van der Waals surface area contributed by atoms with Crippen LogP contribution in [0.3, 0.4) is 0 Å². The molecule has 0 saturated carbocycles. The molecule has 1 amide bonds. The fourth-order valence-electron chi connectivity index (χ4n) is 2.61. The predicted octanol–water partition coefficient (Wildman–Crippen LogP) is 5.30. The minimum Gasteiger partial charge on any atom is -0.349 e. The molecule has 1 N–H and O–H groups in total. The van der Waals surface area contributed by atoms with Crippen LogP contribution in [0.1, 0.15) is 25.5 Å². The Morgan fingerprint density at radius 1 is 1.33 bits per heavy atom. The highest BCUT2D eigenvalue weighted by atomic mass is 35.5. The molecule has 2 heterocycles. The van der Waals surface area contributed by atoms with E-state index in [0.717, 1.165) is 28.0 Å². The van der Waals surface area contributed by atoms with Crippen LogP contribution < -0.4 is 5.32 Å². The summed E-state index contributed by atoms with van der Waals surface area (Å²) in [5.74, 6) is 0.983. The number of aromatic nitrogens is 3. The van der Waals surface area contributed by atoms with E-state index in [9.17, 15) is 4.79 Å². The highest BCUT2D eigenvalue weighted by Gasteiger charge is 2.17. The monoisotopic (exact) mass is 440 g/mol. The number of thioether (sulfide) groups is 1. The average molecular weight is 441 g/mol. The zero-order valence-electron chi connectivity index (χ0n) is 14.8. The summed E-state index contributed by atoms with van der Waals surface area (Å²) in [6.07, 6.45) is 0. The summed E-state index contributed by atoms with van der Waals surface area (Å²) in [6.45, 7) is 4.66. The fourth-order valence-corrected chi connectivity index (χ4v) is 4.72. The molecular formula is C18H18Cl2N4OS2. The van der Waals surface area contributed by atoms with Crippen LogP contribution >= 0.6 is 46.3 Å². The lowest BCUT2D eigenvalue weighted by Gasteiger charge is -2.16. The van der Waals surface area contributed by atoms with Gasteiger partial charge in [-0.3, -0.25) is 4.79 Å². The number of carbonyl (C=O) groups is 1. The lowest BCUT2D eigenvalue weighted by molar-refractivity contribution is -0.119. The SMILES string of the molecule is CCn1c(SCC(=O)NC(C)c2ccc(Cl)cc2Cl)nnc1-c1cccs1. The van der Waals surface area contributed by atoms with Gasteiger partial charge in [-0.2, -0.15) is 0 Å². The number of nitrogens with one attached hydrogen (secondary N) is 1. The Bertz CT molecular complexity index is 928. The Morgan fingerprint density at radius 2 is 2.15 bits per heavy atom. The van der Waals surface area contributed by atoms with Gasteiger partial charge in [0.25, 0.3) is 0 Å². The number of carbonyl (C=O) groups excluding carboxylic acids is 1. The molecule has 0 saturated heterocycles. The minimum absolute atomic E-state index is 0.0955. The largest absolute Gasteiger partial charge is 0.349 e. The van der Waals surface area contributed by atoms with Crippen LogP contribution in [0.25, 0.3) is 10.7 Å². The topological polar surface area (TPSA) is 59.8 Å². The lowest BCUT2D eigenvalue weighted by Crippen LogP contribution is -2.28. The zero-order valence-corrected chi connectivity index (χ0v) is 17.9. The molecular weight excluding hydrogens is 423 g/mol. The first-order chi connectivity index (χ1) is 13.0. The van der Waals surface area contributed by atoms with E-state index < -0.39 is 0 Å². The van der Waals surface area contributed by atoms with Gasteiger partial charge in [-0.25, -0.2) is 0 Å². The second-order valence-corrected chi connectivity index (χ2v) is 8.51. The number of halogens is 2. The molecule has 27 heavy (non-hydrogen) atoms. The zero-order chi connectivity index (χ0) is 19.4. The van der Waals surface area contributed by atoms with Crippen molar-refractivity contribution >= 4 is 52.2 Å². The first-order valence-electron chi connectivity index (χ1n) is 8.33. The number of rotatable bonds is 7. The Hall–Kier alpha value is -1.54. The van der Waals surface area contributed by atoms with Crippen LogP contribution in [0.5, 0.6) is 0 Å². The molecule has 142 valence electrons. The van der Waals surface area contributed by atoms with Gasteiger partial charge in [-0.15, -0.1) is 21.5 Å². The van der Waals surface area contributed by atoms with Crippen molar-refractivity contribution in [3.63, 3.8) is 0 Å². The molecule has 0 fully saturated rings. The van der Waals surface area contributed by atoms with Gasteiger partial charge in [0, 0.05) is 16.6 Å². The van der Waals surface area contributed by atoms with E-state index in [2.05, 4.69) is 15.5 Å². The second-order valence-electron chi connectivity index (χ2n) is 5.77. The summed E-state index contributed by atoms with van der Waals surface area (Å²) in [5.41, 5.74) is 0.830. The van der Waals surface area contributed by atoms with Gasteiger partial charge in [0.1, 0.15) is 0 Å². The van der Waals surface area contributed by atoms with Gasteiger partial charge >= 0.3 is 0 Å². The quantitative estimate of drug-likeness (QED) is 0.506. The molecule has 3 aromatic rings. The fraction of sp³-hybridized carbons (Fsp3) is 0.278. The highest BCUT2D eigenvalue weighted by molar-refractivity contribution is 7.99. The van der Waals surface area contributed by atoms with E-state index in [4.69, 9.17) is 23.2 Å². The molecule has 0 spiro atoms. The second kappa shape index (κ2) is 9.10. The van der Waals surface area contributed by atoms with Crippen molar-refractivity contribution < 1.29 is 4.79 Å². The van der Waals surface area contributed by atoms with Gasteiger partial charge in [0.15, 0.2) is 11.0 Å². The lowest BCUT2D eigenvalue weighted by atomic mass is 10.1. The summed E-state index contributed by atoms with van der Waals surface area (Å²) >= 11 is 15.1. The van der Waals surface area contributed by atoms with Crippen LogP contribution in [0.2, 0.25) is 10.0 Å². The van der Waals surface area contributed by atoms with E-state index in [1.54, 1.807) is 23.5 Å². The third-order valence-electron chi connectivity index (χ3n) is 3.91. The molecule has 0 aliphatic carbocycles. The van der Waals surface area contributed by atoms with Crippen LogP contribution in [0, 0.1) is 0 Å². The van der Waals surface area contributed by atoms with Crippen molar-refractivity contribution in [1.82, 2.24) is 20.1 Å². The van der Waals surface area contributed by atoms with Gasteiger partial charge in [-0.1, -0.05) is 47.1 Å². The maximum Gasteiger partial charge on any atom is 0.230 e. The summed E-state index contributed by atoms with van der Waals surface area (Å²) in [6, 6.07) is 9.04. The van der Waals surface area contributed by atoms with Gasteiger partial charge in [-0.05, 0) is 43.0 Å². The molecule has 0 bridgehead atoms. The third kappa shape index (κ3) is 4.85. The molecule has 1 aromatic carbocycles. The number of amides is 1. The molecule has 1 atom stereocenters. The van der Waals surface area contributed by atoms with Crippen LogP contribution in [0.15, 0.2) is 40.9 Å². The Balaban J connectivity index is 1.62. The standard InChI is InChI=1S/C18H18Cl2N4OS2/c1-3-24-17(15-5-4-8-26-15)22-23-18(24)27-10-16(25)21-11(2)13-7-6-12(19)9-14(13)20/h4-9,11H,3,10H2,1-2H3,(H,21,25). The van der Waals surface area contributed by atoms with E-state index >= 15 is 0 Å². The van der Waals surface area contributed by atoms with E-state index in [0.29, 0.717) is 10.0 Å². The summed E-state index contributed by atoms with van der Waals surface area (Å²) in [4.78, 5) is 13.4. The number of thiophene rings is 1. The minimum atomic E-state index is -0.214. The average Bonchev–Trinajstić information content (AvgIpc) is 3.28. The normalized spacial score (nSPS) is 12.1. The van der Waals surface area contributed by atoms with Crippen LogP contribution in [-0.2, 0) is 11.3 Å². The molecule has 2 aromatic heterocycles. The number of hydrogen-bond acceptors (Lipinski definition) is 5. The Morgan fingerprint density at radius 3 is 2.81 bits per heavy atom. The predicted molar refractivity (Wildman–Crippen MR) is 113 cm³/mol. The summed E-state index contributed by atoms with van der Waals surface area (Å²) < 4.78 is 2.02. The van der Waals surface area contributed by atoms with Gasteiger partial charge in [0.2, 0.25) is 5.91 Å². The van der Waals surface area contributed by atoms with Crippen molar-refractivity contribution in [3.05, 3.63) is 51.3 Å². The van der Waals surface area contributed by atoms with Crippen molar-refractivity contribution in [3.8, 4) is 10.7 Å². The smallest absolute Gasteiger partial charge is 0.230 e. The van der Waals surface area contributed by atoms with Crippen LogP contribution in [0.4, 0.5) is 0 Å². The van der Waals surface area contributed by atoms with Crippen molar-refractivity contribution in [2.75, 3.05) is 5.75 Å². The van der Waals surface area contributed by atoms with Crippen molar-refractivity contribution in [2.45, 2.75) is 31.6 Å². The molecule has 5 nitrogen and oxygen atoms in total. The molecule has 0 aliphatic rings. The molecule has 0 aliphatic heterocycles. The van der Waals surface area contributed by atoms with Gasteiger partial charge < -0.3 is 9.88 Å². The number of benzene rings is 1. The highest BCUT2D eigenvalue weighted by Crippen LogP contribution is 2.28. The molecule has 3 rings (SSSR count). The van der Waals surface area contributed by atoms with E-state index in [1.165, 1.54) is 11.8 Å². The Labute approximate surface area is 176 Å². The Kier molecular flexibility index (Phi) is 6.81. The van der Waals surface area contributed by atoms with Gasteiger partial charge in [0.05, 0.1) is 16.7 Å². The first-order valence-corrected chi connectivity index (χ1v) is 11.0. The van der Waals surface area contributed by atoms with E-state index in [1.807, 2.05) is 42.0 Å². The summed E-state index contributed by atoms with van der Waals surface area (Å²) in [7, 11) is 0. The maximum absolute atomic E-state index is 12.4.